The zero-order valence-corrected chi connectivity index (χ0v) is 9.41. The summed E-state index contributed by atoms with van der Waals surface area (Å²) < 4.78 is 6.28. The predicted molar refractivity (Wildman–Crippen MR) is 58.3 cm³/mol. The number of aryl methyl sites for hydroxylation is 1. The first-order valence-corrected chi connectivity index (χ1v) is 4.97. The standard InChI is InChI=1S/C11H17NO3/c1-8-7-10(13)12(5-4-6-15-3)11(14)9(8)2/h7,14H,4-6H2,1-3H3. The van der Waals surface area contributed by atoms with Gasteiger partial charge in [0, 0.05) is 31.9 Å². The van der Waals surface area contributed by atoms with Crippen molar-refractivity contribution in [3.05, 3.63) is 27.5 Å². The molecule has 15 heavy (non-hydrogen) atoms. The summed E-state index contributed by atoms with van der Waals surface area (Å²) >= 11 is 0. The summed E-state index contributed by atoms with van der Waals surface area (Å²) in [5.74, 6) is 0.0658. The molecule has 4 nitrogen and oxygen atoms in total. The van der Waals surface area contributed by atoms with Gasteiger partial charge in [-0.3, -0.25) is 9.36 Å². The van der Waals surface area contributed by atoms with Crippen LogP contribution in [0.25, 0.3) is 0 Å². The van der Waals surface area contributed by atoms with Gasteiger partial charge in [-0.1, -0.05) is 0 Å². The normalized spacial score (nSPS) is 10.6. The molecule has 0 radical (unpaired) electrons. The minimum absolute atomic E-state index is 0.0658. The van der Waals surface area contributed by atoms with Gasteiger partial charge in [0.1, 0.15) is 0 Å². The first-order valence-electron chi connectivity index (χ1n) is 4.97. The highest BCUT2D eigenvalue weighted by Crippen LogP contribution is 2.16. The molecule has 0 saturated heterocycles. The van der Waals surface area contributed by atoms with Gasteiger partial charge < -0.3 is 9.84 Å². The fourth-order valence-electron chi connectivity index (χ4n) is 1.44. The van der Waals surface area contributed by atoms with Crippen molar-refractivity contribution in [3.63, 3.8) is 0 Å². The number of hydrogen-bond acceptors (Lipinski definition) is 3. The maximum Gasteiger partial charge on any atom is 0.253 e. The molecule has 4 heteroatoms. The minimum atomic E-state index is -0.160. The van der Waals surface area contributed by atoms with Crippen LogP contribution < -0.4 is 5.56 Å². The van der Waals surface area contributed by atoms with Gasteiger partial charge in [-0.05, 0) is 25.8 Å². The summed E-state index contributed by atoms with van der Waals surface area (Å²) in [4.78, 5) is 11.6. The highest BCUT2D eigenvalue weighted by molar-refractivity contribution is 5.32. The van der Waals surface area contributed by atoms with Crippen molar-refractivity contribution >= 4 is 0 Å². The van der Waals surface area contributed by atoms with Crippen molar-refractivity contribution < 1.29 is 9.84 Å². The van der Waals surface area contributed by atoms with Crippen LogP contribution in [-0.2, 0) is 11.3 Å². The molecular weight excluding hydrogens is 194 g/mol. The van der Waals surface area contributed by atoms with Gasteiger partial charge in [-0.15, -0.1) is 0 Å². The number of pyridine rings is 1. The lowest BCUT2D eigenvalue weighted by Crippen LogP contribution is -2.21. The Morgan fingerprint density at radius 2 is 2.13 bits per heavy atom. The molecule has 0 saturated carbocycles. The van der Waals surface area contributed by atoms with E-state index in [-0.39, 0.29) is 11.4 Å². The Morgan fingerprint density at radius 3 is 2.73 bits per heavy atom. The third kappa shape index (κ3) is 2.59. The van der Waals surface area contributed by atoms with Crippen molar-refractivity contribution in [2.75, 3.05) is 13.7 Å². The van der Waals surface area contributed by atoms with Crippen molar-refractivity contribution in [1.29, 1.82) is 0 Å². The lowest BCUT2D eigenvalue weighted by atomic mass is 10.2. The second-order valence-electron chi connectivity index (χ2n) is 3.61. The average molecular weight is 211 g/mol. The van der Waals surface area contributed by atoms with Crippen LogP contribution in [0, 0.1) is 13.8 Å². The molecule has 0 amide bonds. The van der Waals surface area contributed by atoms with Crippen LogP contribution in [0.1, 0.15) is 17.5 Å². The fourth-order valence-corrected chi connectivity index (χ4v) is 1.44. The average Bonchev–Trinajstić information content (AvgIpc) is 2.20. The molecule has 1 aromatic rings. The summed E-state index contributed by atoms with van der Waals surface area (Å²) in [6.07, 6.45) is 0.715. The van der Waals surface area contributed by atoms with Crippen molar-refractivity contribution in [3.8, 4) is 5.88 Å². The maximum atomic E-state index is 11.6. The number of aromatic hydroxyl groups is 1. The van der Waals surface area contributed by atoms with Crippen LogP contribution in [0.5, 0.6) is 5.88 Å². The van der Waals surface area contributed by atoms with Crippen LogP contribution >= 0.6 is 0 Å². The van der Waals surface area contributed by atoms with Crippen molar-refractivity contribution in [2.45, 2.75) is 26.8 Å². The second-order valence-corrected chi connectivity index (χ2v) is 3.61. The molecule has 1 rings (SSSR count). The van der Waals surface area contributed by atoms with Gasteiger partial charge in [0.05, 0.1) is 0 Å². The Morgan fingerprint density at radius 1 is 1.47 bits per heavy atom. The summed E-state index contributed by atoms with van der Waals surface area (Å²) in [6, 6.07) is 1.54. The van der Waals surface area contributed by atoms with Gasteiger partial charge in [0.2, 0.25) is 0 Å². The molecule has 0 aliphatic heterocycles. The number of methoxy groups -OCH3 is 1. The van der Waals surface area contributed by atoms with Gasteiger partial charge in [0.15, 0.2) is 5.88 Å². The van der Waals surface area contributed by atoms with E-state index >= 15 is 0 Å². The summed E-state index contributed by atoms with van der Waals surface area (Å²) in [7, 11) is 1.61. The smallest absolute Gasteiger partial charge is 0.253 e. The van der Waals surface area contributed by atoms with Crippen molar-refractivity contribution in [1.82, 2.24) is 4.57 Å². The molecule has 0 aliphatic carbocycles. The summed E-state index contributed by atoms with van der Waals surface area (Å²) in [5, 5.41) is 9.78. The monoisotopic (exact) mass is 211 g/mol. The predicted octanol–water partition coefficient (Wildman–Crippen LogP) is 1.21. The minimum Gasteiger partial charge on any atom is -0.494 e. The van der Waals surface area contributed by atoms with E-state index in [1.807, 2.05) is 6.92 Å². The Bertz CT molecular complexity index is 396. The number of aromatic nitrogens is 1. The zero-order valence-electron chi connectivity index (χ0n) is 9.41. The Balaban J connectivity index is 2.97. The molecule has 1 aromatic heterocycles. The number of ether oxygens (including phenoxy) is 1. The summed E-state index contributed by atoms with van der Waals surface area (Å²) in [5.41, 5.74) is 1.42. The van der Waals surface area contributed by atoms with E-state index in [0.717, 1.165) is 11.1 Å². The lowest BCUT2D eigenvalue weighted by Gasteiger charge is -2.11. The number of rotatable bonds is 4. The molecule has 84 valence electrons. The highest BCUT2D eigenvalue weighted by Gasteiger charge is 2.08. The third-order valence-electron chi connectivity index (χ3n) is 2.52. The van der Waals surface area contributed by atoms with E-state index < -0.39 is 0 Å². The Kier molecular flexibility index (Phi) is 3.91. The number of nitrogens with zero attached hydrogens (tertiary/aromatic N) is 1. The van der Waals surface area contributed by atoms with Gasteiger partial charge in [0.25, 0.3) is 5.56 Å². The zero-order chi connectivity index (χ0) is 11.4. The number of hydrogen-bond donors (Lipinski definition) is 1. The van der Waals surface area contributed by atoms with E-state index in [1.165, 1.54) is 4.57 Å². The fraction of sp³-hybridized carbons (Fsp3) is 0.545. The van der Waals surface area contributed by atoms with E-state index in [4.69, 9.17) is 4.74 Å². The Labute approximate surface area is 89.1 Å². The van der Waals surface area contributed by atoms with Gasteiger partial charge >= 0.3 is 0 Å². The lowest BCUT2D eigenvalue weighted by molar-refractivity contribution is 0.188. The van der Waals surface area contributed by atoms with E-state index in [2.05, 4.69) is 0 Å². The van der Waals surface area contributed by atoms with E-state index in [1.54, 1.807) is 20.1 Å². The van der Waals surface area contributed by atoms with Crippen LogP contribution in [-0.4, -0.2) is 23.4 Å². The highest BCUT2D eigenvalue weighted by atomic mass is 16.5. The van der Waals surface area contributed by atoms with Gasteiger partial charge in [-0.25, -0.2) is 0 Å². The largest absolute Gasteiger partial charge is 0.494 e. The molecule has 0 aromatic carbocycles. The Hall–Kier alpha value is -1.29. The molecule has 0 bridgehead atoms. The van der Waals surface area contributed by atoms with Crippen LogP contribution in [0.2, 0.25) is 0 Å². The first-order chi connectivity index (χ1) is 7.07. The summed E-state index contributed by atoms with van der Waals surface area (Å²) in [6.45, 7) is 4.69. The SMILES string of the molecule is COCCCn1c(O)c(C)c(C)cc1=O. The van der Waals surface area contributed by atoms with Crippen LogP contribution in [0.15, 0.2) is 10.9 Å². The van der Waals surface area contributed by atoms with E-state index in [9.17, 15) is 9.90 Å². The molecule has 0 aliphatic rings. The maximum absolute atomic E-state index is 11.6. The van der Waals surface area contributed by atoms with Crippen molar-refractivity contribution in [2.24, 2.45) is 0 Å². The van der Waals surface area contributed by atoms with Crippen LogP contribution in [0.4, 0.5) is 0 Å². The quantitative estimate of drug-likeness (QED) is 0.761. The topological polar surface area (TPSA) is 51.5 Å². The molecular formula is C11H17NO3. The first kappa shape index (κ1) is 11.8. The molecule has 0 fully saturated rings. The molecule has 0 atom stereocenters. The third-order valence-corrected chi connectivity index (χ3v) is 2.52. The van der Waals surface area contributed by atoms with E-state index in [0.29, 0.717) is 19.6 Å². The molecule has 0 unspecified atom stereocenters. The molecule has 1 heterocycles. The van der Waals surface area contributed by atoms with Crippen LogP contribution in [0.3, 0.4) is 0 Å². The molecule has 0 spiro atoms. The van der Waals surface area contributed by atoms with Gasteiger partial charge in [-0.2, -0.15) is 0 Å². The molecule has 1 N–H and O–H groups in total. The second kappa shape index (κ2) is 4.98.